The van der Waals surface area contributed by atoms with Gasteiger partial charge in [0, 0.05) is 19.3 Å². The standard InChI is InChI=1S/C17H26O5/c1-10-13(20)6-8-16(3)7-5-12(17(4,21)9-18)15(14(10)16)22-11(2)19/h12,15,18,21H,5-9H2,1-4H3/t12-,15+,16-,17+/m1/s1. The summed E-state index contributed by atoms with van der Waals surface area (Å²) in [7, 11) is 0. The van der Waals surface area contributed by atoms with E-state index in [1.807, 2.05) is 0 Å². The first-order chi connectivity index (χ1) is 10.1. The highest BCUT2D eigenvalue weighted by atomic mass is 16.5. The van der Waals surface area contributed by atoms with E-state index < -0.39 is 30.2 Å². The van der Waals surface area contributed by atoms with Crippen molar-refractivity contribution in [2.75, 3.05) is 6.61 Å². The van der Waals surface area contributed by atoms with Crippen molar-refractivity contribution in [2.45, 2.75) is 65.1 Å². The summed E-state index contributed by atoms with van der Waals surface area (Å²) in [6, 6.07) is 0. The molecule has 124 valence electrons. The number of ether oxygens (including phenoxy) is 1. The second-order valence-electron chi connectivity index (χ2n) is 7.21. The molecule has 5 nitrogen and oxygen atoms in total. The monoisotopic (exact) mass is 310 g/mol. The van der Waals surface area contributed by atoms with Crippen molar-refractivity contribution in [3.63, 3.8) is 0 Å². The molecule has 2 aliphatic rings. The zero-order valence-corrected chi connectivity index (χ0v) is 13.8. The molecular weight excluding hydrogens is 284 g/mol. The van der Waals surface area contributed by atoms with Crippen molar-refractivity contribution in [2.24, 2.45) is 11.3 Å². The molecule has 22 heavy (non-hydrogen) atoms. The number of allylic oxidation sites excluding steroid dienone is 1. The molecule has 0 unspecified atom stereocenters. The zero-order valence-electron chi connectivity index (χ0n) is 13.8. The number of hydrogen-bond acceptors (Lipinski definition) is 5. The lowest BCUT2D eigenvalue weighted by Crippen LogP contribution is -2.53. The van der Waals surface area contributed by atoms with Crippen LogP contribution in [0.2, 0.25) is 0 Å². The van der Waals surface area contributed by atoms with Crippen LogP contribution in [0.3, 0.4) is 0 Å². The minimum Gasteiger partial charge on any atom is -0.458 e. The van der Waals surface area contributed by atoms with Crippen molar-refractivity contribution < 1.29 is 24.5 Å². The third-order valence-corrected chi connectivity index (χ3v) is 5.45. The molecule has 0 amide bonds. The molecule has 0 bridgehead atoms. The van der Waals surface area contributed by atoms with Crippen molar-refractivity contribution in [3.8, 4) is 0 Å². The molecule has 2 N–H and O–H groups in total. The maximum absolute atomic E-state index is 12.1. The van der Waals surface area contributed by atoms with E-state index in [0.717, 1.165) is 18.4 Å². The molecule has 4 atom stereocenters. The van der Waals surface area contributed by atoms with Gasteiger partial charge in [-0.15, -0.1) is 0 Å². The average Bonchev–Trinajstić information content (AvgIpc) is 2.42. The number of ketones is 1. The van der Waals surface area contributed by atoms with Crippen LogP contribution in [0.1, 0.15) is 53.4 Å². The van der Waals surface area contributed by atoms with Crippen LogP contribution in [0.15, 0.2) is 11.1 Å². The van der Waals surface area contributed by atoms with Crippen molar-refractivity contribution >= 4 is 11.8 Å². The Labute approximate surface area is 131 Å². The predicted molar refractivity (Wildman–Crippen MR) is 81.0 cm³/mol. The van der Waals surface area contributed by atoms with Crippen LogP contribution in [0.5, 0.6) is 0 Å². The highest BCUT2D eigenvalue weighted by Gasteiger charge is 2.52. The molecule has 5 heteroatoms. The van der Waals surface area contributed by atoms with Crippen LogP contribution >= 0.6 is 0 Å². The highest BCUT2D eigenvalue weighted by molar-refractivity contribution is 5.97. The van der Waals surface area contributed by atoms with Gasteiger partial charge in [-0.3, -0.25) is 9.59 Å². The molecule has 1 fully saturated rings. The number of Topliss-reactive ketones (excluding diaryl/α,β-unsaturated/α-hetero) is 1. The van der Waals surface area contributed by atoms with E-state index in [0.29, 0.717) is 18.4 Å². The first-order valence-corrected chi connectivity index (χ1v) is 7.87. The van der Waals surface area contributed by atoms with Gasteiger partial charge in [-0.1, -0.05) is 6.92 Å². The topological polar surface area (TPSA) is 83.8 Å². The quantitative estimate of drug-likeness (QED) is 0.776. The van der Waals surface area contributed by atoms with Crippen LogP contribution in [0.4, 0.5) is 0 Å². The van der Waals surface area contributed by atoms with Gasteiger partial charge in [0.05, 0.1) is 12.2 Å². The number of aliphatic hydroxyl groups is 2. The Hall–Kier alpha value is -1.20. The first kappa shape index (κ1) is 17.2. The first-order valence-electron chi connectivity index (χ1n) is 7.87. The summed E-state index contributed by atoms with van der Waals surface area (Å²) in [5.41, 5.74) is -0.0441. The fourth-order valence-electron chi connectivity index (χ4n) is 4.03. The Kier molecular flexibility index (Phi) is 4.51. The molecule has 0 aromatic rings. The van der Waals surface area contributed by atoms with Crippen molar-refractivity contribution in [1.29, 1.82) is 0 Å². The van der Waals surface area contributed by atoms with Gasteiger partial charge in [-0.2, -0.15) is 0 Å². The summed E-state index contributed by atoms with van der Waals surface area (Å²) < 4.78 is 5.53. The maximum atomic E-state index is 12.1. The van der Waals surface area contributed by atoms with Crippen molar-refractivity contribution in [3.05, 3.63) is 11.1 Å². The van der Waals surface area contributed by atoms with E-state index in [-0.39, 0.29) is 11.2 Å². The van der Waals surface area contributed by atoms with Gasteiger partial charge in [0.15, 0.2) is 5.78 Å². The van der Waals surface area contributed by atoms with E-state index in [2.05, 4.69) is 6.92 Å². The molecule has 2 rings (SSSR count). The van der Waals surface area contributed by atoms with Crippen LogP contribution in [-0.2, 0) is 14.3 Å². The fraction of sp³-hybridized carbons (Fsp3) is 0.765. The number of carbonyl (C=O) groups excluding carboxylic acids is 2. The second kappa shape index (κ2) is 5.78. The Morgan fingerprint density at radius 1 is 1.45 bits per heavy atom. The molecule has 0 saturated heterocycles. The lowest BCUT2D eigenvalue weighted by molar-refractivity contribution is -0.160. The van der Waals surface area contributed by atoms with Gasteiger partial charge in [0.1, 0.15) is 6.10 Å². The Bertz CT molecular complexity index is 519. The summed E-state index contributed by atoms with van der Waals surface area (Å²) >= 11 is 0. The zero-order chi connectivity index (χ0) is 16.7. The van der Waals surface area contributed by atoms with Gasteiger partial charge in [-0.05, 0) is 49.7 Å². The van der Waals surface area contributed by atoms with Crippen LogP contribution in [-0.4, -0.2) is 40.3 Å². The molecule has 0 aromatic heterocycles. The molecule has 0 aromatic carbocycles. The lowest BCUT2D eigenvalue weighted by Gasteiger charge is -2.50. The summed E-state index contributed by atoms with van der Waals surface area (Å²) in [6.45, 7) is 6.35. The van der Waals surface area contributed by atoms with Gasteiger partial charge in [0.2, 0.25) is 0 Å². The fourth-order valence-corrected chi connectivity index (χ4v) is 4.03. The van der Waals surface area contributed by atoms with Crippen molar-refractivity contribution in [1.82, 2.24) is 0 Å². The van der Waals surface area contributed by atoms with Gasteiger partial charge in [-0.25, -0.2) is 0 Å². The number of esters is 1. The normalized spacial score (nSPS) is 34.9. The Morgan fingerprint density at radius 3 is 2.64 bits per heavy atom. The minimum absolute atomic E-state index is 0.0777. The Balaban J connectivity index is 2.53. The summed E-state index contributed by atoms with van der Waals surface area (Å²) in [5, 5.41) is 20.0. The van der Waals surface area contributed by atoms with Crippen LogP contribution in [0.25, 0.3) is 0 Å². The molecule has 0 aliphatic heterocycles. The molecule has 1 saturated carbocycles. The summed E-state index contributed by atoms with van der Waals surface area (Å²) in [5.74, 6) is -0.773. The van der Waals surface area contributed by atoms with Crippen LogP contribution < -0.4 is 0 Å². The predicted octanol–water partition coefficient (Wildman–Crippen LogP) is 1.76. The highest BCUT2D eigenvalue weighted by Crippen LogP contribution is 2.53. The third-order valence-electron chi connectivity index (χ3n) is 5.45. The minimum atomic E-state index is -1.35. The lowest BCUT2D eigenvalue weighted by atomic mass is 9.58. The van der Waals surface area contributed by atoms with Gasteiger partial charge < -0.3 is 14.9 Å². The number of hydrogen-bond donors (Lipinski definition) is 2. The summed E-state index contributed by atoms with van der Waals surface area (Å²) in [4.78, 5) is 23.7. The van der Waals surface area contributed by atoms with Crippen LogP contribution in [0, 0.1) is 11.3 Å². The van der Waals surface area contributed by atoms with Gasteiger partial charge in [0.25, 0.3) is 0 Å². The average molecular weight is 310 g/mol. The second-order valence-corrected chi connectivity index (χ2v) is 7.21. The number of carbonyl (C=O) groups is 2. The molecular formula is C17H26O5. The number of fused-ring (bicyclic) bond motifs is 1. The smallest absolute Gasteiger partial charge is 0.303 e. The number of rotatable bonds is 3. The maximum Gasteiger partial charge on any atom is 0.303 e. The van der Waals surface area contributed by atoms with E-state index >= 15 is 0 Å². The number of aliphatic hydroxyl groups excluding tert-OH is 1. The Morgan fingerprint density at radius 2 is 2.09 bits per heavy atom. The summed E-state index contributed by atoms with van der Waals surface area (Å²) in [6.07, 6.45) is 2.06. The molecule has 0 heterocycles. The van der Waals surface area contributed by atoms with E-state index in [9.17, 15) is 19.8 Å². The molecule has 2 aliphatic carbocycles. The third kappa shape index (κ3) is 2.84. The molecule has 0 radical (unpaired) electrons. The van der Waals surface area contributed by atoms with Gasteiger partial charge >= 0.3 is 5.97 Å². The largest absolute Gasteiger partial charge is 0.458 e. The van der Waals surface area contributed by atoms with E-state index in [4.69, 9.17) is 4.74 Å². The van der Waals surface area contributed by atoms with E-state index in [1.54, 1.807) is 13.8 Å². The van der Waals surface area contributed by atoms with E-state index in [1.165, 1.54) is 6.92 Å². The molecule has 0 spiro atoms. The SMILES string of the molecule is CC(=O)O[C@@H]1C2=C(C)C(=O)CC[C@@]2(C)CC[C@H]1[C@@](C)(O)CO.